The Morgan fingerprint density at radius 3 is 2.61 bits per heavy atom. The highest BCUT2D eigenvalue weighted by molar-refractivity contribution is 9.10. The lowest BCUT2D eigenvalue weighted by Gasteiger charge is -2.12. The third-order valence-electron chi connectivity index (χ3n) is 2.01. The number of alkyl halides is 3. The van der Waals surface area contributed by atoms with Gasteiger partial charge in [-0.2, -0.15) is 8.78 Å². The normalized spacial score (nSPS) is 10.6. The summed E-state index contributed by atoms with van der Waals surface area (Å²) in [7, 11) is 0. The maximum Gasteiger partial charge on any atom is 0.387 e. The zero-order valence-electron chi connectivity index (χ0n) is 9.38. The minimum atomic E-state index is -2.92. The number of carbonyl (C=O) groups is 1. The molecule has 0 spiro atoms. The molecule has 0 aromatic heterocycles. The summed E-state index contributed by atoms with van der Waals surface area (Å²) < 4.78 is 33.8. The molecule has 0 bridgehead atoms. The van der Waals surface area contributed by atoms with Crippen molar-refractivity contribution in [3.8, 4) is 5.75 Å². The van der Waals surface area contributed by atoms with Gasteiger partial charge in [0.15, 0.2) is 0 Å². The molecule has 0 unspecified atom stereocenters. The number of esters is 1. The first-order valence-corrected chi connectivity index (χ1v) is 6.91. The van der Waals surface area contributed by atoms with Crippen molar-refractivity contribution in [3.05, 3.63) is 27.7 Å². The molecular formula is C11H10Br2F2O3. The molecule has 18 heavy (non-hydrogen) atoms. The van der Waals surface area contributed by atoms with Gasteiger partial charge in [0.25, 0.3) is 0 Å². The van der Waals surface area contributed by atoms with Crippen LogP contribution in [0, 0.1) is 0 Å². The third kappa shape index (κ3) is 3.91. The molecule has 0 heterocycles. The molecule has 0 aliphatic rings. The molecule has 0 saturated carbocycles. The molecule has 3 nitrogen and oxygen atoms in total. The summed E-state index contributed by atoms with van der Waals surface area (Å²) in [6, 6.07) is 2.78. The van der Waals surface area contributed by atoms with Gasteiger partial charge in [-0.1, -0.05) is 15.9 Å². The van der Waals surface area contributed by atoms with Crippen molar-refractivity contribution in [1.82, 2.24) is 0 Å². The van der Waals surface area contributed by atoms with Crippen LogP contribution in [-0.4, -0.2) is 19.2 Å². The number of benzene rings is 1. The van der Waals surface area contributed by atoms with Crippen LogP contribution in [0.2, 0.25) is 0 Å². The minimum Gasteiger partial charge on any atom is -0.462 e. The van der Waals surface area contributed by atoms with Gasteiger partial charge in [0.2, 0.25) is 0 Å². The smallest absolute Gasteiger partial charge is 0.387 e. The van der Waals surface area contributed by atoms with Gasteiger partial charge in [-0.3, -0.25) is 0 Å². The molecule has 0 amide bonds. The van der Waals surface area contributed by atoms with Gasteiger partial charge in [-0.05, 0) is 40.5 Å². The van der Waals surface area contributed by atoms with Crippen LogP contribution in [0.15, 0.2) is 16.6 Å². The number of hydrogen-bond donors (Lipinski definition) is 0. The van der Waals surface area contributed by atoms with Crippen molar-refractivity contribution in [2.45, 2.75) is 18.9 Å². The molecule has 1 rings (SSSR count). The van der Waals surface area contributed by atoms with Crippen LogP contribution in [0.5, 0.6) is 5.75 Å². The Morgan fingerprint density at radius 2 is 2.11 bits per heavy atom. The molecular weight excluding hydrogens is 378 g/mol. The average Bonchev–Trinajstić information content (AvgIpc) is 2.31. The van der Waals surface area contributed by atoms with E-state index in [2.05, 4.69) is 36.6 Å². The molecule has 1 aromatic carbocycles. The fourth-order valence-corrected chi connectivity index (χ4v) is 2.19. The van der Waals surface area contributed by atoms with Crippen LogP contribution in [0.4, 0.5) is 8.78 Å². The van der Waals surface area contributed by atoms with E-state index in [0.717, 1.165) is 0 Å². The van der Waals surface area contributed by atoms with Gasteiger partial charge < -0.3 is 9.47 Å². The molecule has 0 atom stereocenters. The predicted molar refractivity (Wildman–Crippen MR) is 69.4 cm³/mol. The van der Waals surface area contributed by atoms with Gasteiger partial charge in [0.05, 0.1) is 16.6 Å². The SMILES string of the molecule is CCOC(=O)c1cc(Br)c(OC(F)F)cc1CBr. The lowest BCUT2D eigenvalue weighted by Crippen LogP contribution is -2.09. The van der Waals surface area contributed by atoms with E-state index in [-0.39, 0.29) is 16.8 Å². The highest BCUT2D eigenvalue weighted by atomic mass is 79.9. The Morgan fingerprint density at radius 1 is 1.44 bits per heavy atom. The maximum atomic E-state index is 12.2. The lowest BCUT2D eigenvalue weighted by molar-refractivity contribution is -0.0503. The lowest BCUT2D eigenvalue weighted by atomic mass is 10.1. The second kappa shape index (κ2) is 7.04. The molecule has 0 aliphatic carbocycles. The minimum absolute atomic E-state index is 0.0208. The van der Waals surface area contributed by atoms with E-state index in [1.807, 2.05) is 0 Å². The van der Waals surface area contributed by atoms with E-state index < -0.39 is 12.6 Å². The predicted octanol–water partition coefficient (Wildman–Crippen LogP) is 4.12. The highest BCUT2D eigenvalue weighted by Gasteiger charge is 2.17. The Bertz CT molecular complexity index is 439. The van der Waals surface area contributed by atoms with E-state index in [0.29, 0.717) is 16.5 Å². The molecule has 100 valence electrons. The zero-order valence-corrected chi connectivity index (χ0v) is 12.6. The van der Waals surface area contributed by atoms with Crippen LogP contribution < -0.4 is 4.74 Å². The fraction of sp³-hybridized carbons (Fsp3) is 0.364. The van der Waals surface area contributed by atoms with Crippen LogP contribution in [0.25, 0.3) is 0 Å². The van der Waals surface area contributed by atoms with E-state index >= 15 is 0 Å². The largest absolute Gasteiger partial charge is 0.462 e. The quantitative estimate of drug-likeness (QED) is 0.563. The Labute approximate surface area is 120 Å². The number of ether oxygens (including phenoxy) is 2. The number of hydrogen-bond acceptors (Lipinski definition) is 3. The van der Waals surface area contributed by atoms with Gasteiger partial charge in [0, 0.05) is 5.33 Å². The summed E-state index contributed by atoms with van der Waals surface area (Å²) in [6.45, 7) is -0.986. The second-order valence-electron chi connectivity index (χ2n) is 3.17. The molecule has 0 N–H and O–H groups in total. The second-order valence-corrected chi connectivity index (χ2v) is 4.59. The van der Waals surface area contributed by atoms with Crippen LogP contribution in [0.1, 0.15) is 22.8 Å². The summed E-state index contributed by atoms with van der Waals surface area (Å²) >= 11 is 6.26. The molecule has 0 radical (unpaired) electrons. The average molecular weight is 388 g/mol. The van der Waals surface area contributed by atoms with Crippen molar-refractivity contribution in [1.29, 1.82) is 0 Å². The fourth-order valence-electron chi connectivity index (χ4n) is 1.29. The number of halogens is 4. The monoisotopic (exact) mass is 386 g/mol. The number of carbonyl (C=O) groups excluding carboxylic acids is 1. The zero-order chi connectivity index (χ0) is 13.7. The van der Waals surface area contributed by atoms with Crippen molar-refractivity contribution in [2.75, 3.05) is 6.61 Å². The van der Waals surface area contributed by atoms with Gasteiger partial charge in [0.1, 0.15) is 5.75 Å². The summed E-state index contributed by atoms with van der Waals surface area (Å²) in [5, 5.41) is 0.327. The summed E-state index contributed by atoms with van der Waals surface area (Å²) in [6.07, 6.45) is 0. The highest BCUT2D eigenvalue weighted by Crippen LogP contribution is 2.31. The van der Waals surface area contributed by atoms with Crippen molar-refractivity contribution in [3.63, 3.8) is 0 Å². The van der Waals surface area contributed by atoms with Crippen LogP contribution in [0.3, 0.4) is 0 Å². The van der Waals surface area contributed by atoms with E-state index in [1.165, 1.54) is 12.1 Å². The van der Waals surface area contributed by atoms with Crippen LogP contribution >= 0.6 is 31.9 Å². The Hall–Kier alpha value is -0.690. The van der Waals surface area contributed by atoms with Crippen LogP contribution in [-0.2, 0) is 10.1 Å². The van der Waals surface area contributed by atoms with Gasteiger partial charge in [-0.25, -0.2) is 4.79 Å². The van der Waals surface area contributed by atoms with Crippen molar-refractivity contribution >= 4 is 37.8 Å². The molecule has 0 saturated heterocycles. The van der Waals surface area contributed by atoms with E-state index in [1.54, 1.807) is 6.92 Å². The standard InChI is InChI=1S/C11H10Br2F2O3/c1-2-17-10(16)7-4-8(13)9(18-11(14)15)3-6(7)5-12/h3-4,11H,2,5H2,1H3. The molecule has 7 heteroatoms. The summed E-state index contributed by atoms with van der Waals surface area (Å²) in [4.78, 5) is 11.7. The van der Waals surface area contributed by atoms with Gasteiger partial charge >= 0.3 is 12.6 Å². The maximum absolute atomic E-state index is 12.2. The summed E-state index contributed by atoms with van der Waals surface area (Å²) in [5.41, 5.74) is 0.828. The Balaban J connectivity index is 3.14. The van der Waals surface area contributed by atoms with Crippen molar-refractivity contribution in [2.24, 2.45) is 0 Å². The number of rotatable bonds is 5. The topological polar surface area (TPSA) is 35.5 Å². The summed E-state index contributed by atoms with van der Waals surface area (Å²) in [5.74, 6) is -0.524. The molecule has 1 aromatic rings. The third-order valence-corrected chi connectivity index (χ3v) is 3.24. The first-order valence-electron chi connectivity index (χ1n) is 4.99. The molecule has 0 aliphatic heterocycles. The van der Waals surface area contributed by atoms with E-state index in [9.17, 15) is 13.6 Å². The first kappa shape index (κ1) is 15.4. The Kier molecular flexibility index (Phi) is 6.01. The van der Waals surface area contributed by atoms with E-state index in [4.69, 9.17) is 4.74 Å². The molecule has 0 fully saturated rings. The van der Waals surface area contributed by atoms with Crippen molar-refractivity contribution < 1.29 is 23.0 Å². The first-order chi connectivity index (χ1) is 8.49. The van der Waals surface area contributed by atoms with Gasteiger partial charge in [-0.15, -0.1) is 0 Å².